The molecule has 0 saturated carbocycles. The van der Waals surface area contributed by atoms with Crippen molar-refractivity contribution in [1.82, 2.24) is 0 Å². The third kappa shape index (κ3) is 2.51. The van der Waals surface area contributed by atoms with E-state index in [0.29, 0.717) is 23.6 Å². The smallest absolute Gasteiger partial charge is 0.308 e. The van der Waals surface area contributed by atoms with Crippen LogP contribution in [0.4, 0.5) is 5.69 Å². The summed E-state index contributed by atoms with van der Waals surface area (Å²) in [5.74, 6) is -1.72. The molecular formula is C13H15ClN2O3. The van der Waals surface area contributed by atoms with Crippen molar-refractivity contribution in [2.24, 2.45) is 11.7 Å². The van der Waals surface area contributed by atoms with Gasteiger partial charge < -0.3 is 15.7 Å². The van der Waals surface area contributed by atoms with E-state index >= 15 is 0 Å². The number of hydrogen-bond donors (Lipinski definition) is 2. The summed E-state index contributed by atoms with van der Waals surface area (Å²) in [6.07, 6.45) is 0.588. The number of carbonyl (C=O) groups is 2. The lowest BCUT2D eigenvalue weighted by molar-refractivity contribution is -0.141. The Labute approximate surface area is 116 Å². The van der Waals surface area contributed by atoms with E-state index < -0.39 is 17.8 Å². The number of rotatable bonds is 3. The first-order chi connectivity index (χ1) is 8.91. The first kappa shape index (κ1) is 13.7. The maximum atomic E-state index is 11.1. The summed E-state index contributed by atoms with van der Waals surface area (Å²) in [7, 11) is 0. The van der Waals surface area contributed by atoms with E-state index in [0.717, 1.165) is 5.69 Å². The van der Waals surface area contributed by atoms with Crippen LogP contribution in [0, 0.1) is 5.92 Å². The molecule has 1 saturated heterocycles. The van der Waals surface area contributed by atoms with E-state index in [2.05, 4.69) is 0 Å². The van der Waals surface area contributed by atoms with Crippen LogP contribution in [0.5, 0.6) is 0 Å². The molecule has 1 amide bonds. The Morgan fingerprint density at radius 2 is 2.16 bits per heavy atom. The molecule has 19 heavy (non-hydrogen) atoms. The first-order valence-electron chi connectivity index (χ1n) is 6.00. The maximum Gasteiger partial charge on any atom is 0.308 e. The van der Waals surface area contributed by atoms with Crippen molar-refractivity contribution in [3.8, 4) is 0 Å². The Kier molecular flexibility index (Phi) is 3.66. The van der Waals surface area contributed by atoms with Gasteiger partial charge in [-0.3, -0.25) is 9.59 Å². The lowest BCUT2D eigenvalue weighted by atomic mass is 10.0. The number of anilines is 1. The van der Waals surface area contributed by atoms with Crippen molar-refractivity contribution < 1.29 is 14.7 Å². The van der Waals surface area contributed by atoms with Gasteiger partial charge in [0, 0.05) is 18.2 Å². The lowest BCUT2D eigenvalue weighted by Crippen LogP contribution is -2.33. The molecule has 3 N–H and O–H groups in total. The summed E-state index contributed by atoms with van der Waals surface area (Å²) in [5, 5.41) is 9.52. The molecule has 0 aliphatic carbocycles. The van der Waals surface area contributed by atoms with Gasteiger partial charge in [-0.25, -0.2) is 0 Å². The summed E-state index contributed by atoms with van der Waals surface area (Å²) < 4.78 is 0. The van der Waals surface area contributed by atoms with Crippen molar-refractivity contribution in [1.29, 1.82) is 0 Å². The van der Waals surface area contributed by atoms with Crippen LogP contribution in [0.1, 0.15) is 23.7 Å². The molecule has 0 aromatic heterocycles. The summed E-state index contributed by atoms with van der Waals surface area (Å²) in [6.45, 7) is 2.50. The number of hydrogen-bond acceptors (Lipinski definition) is 3. The number of halogens is 1. The highest BCUT2D eigenvalue weighted by molar-refractivity contribution is 6.33. The van der Waals surface area contributed by atoms with Crippen LogP contribution in [0.15, 0.2) is 18.2 Å². The largest absolute Gasteiger partial charge is 0.481 e. The Balaban J connectivity index is 2.28. The number of nitrogens with two attached hydrogens (primary N) is 1. The van der Waals surface area contributed by atoms with Gasteiger partial charge in [0.05, 0.1) is 16.6 Å². The normalized spacial score (nSPS) is 22.5. The highest BCUT2D eigenvalue weighted by atomic mass is 35.5. The molecule has 2 unspecified atom stereocenters. The number of carbonyl (C=O) groups excluding carboxylic acids is 1. The monoisotopic (exact) mass is 282 g/mol. The molecular weight excluding hydrogens is 268 g/mol. The number of amides is 1. The second kappa shape index (κ2) is 5.09. The average Bonchev–Trinajstić information content (AvgIpc) is 2.71. The number of nitrogens with zero attached hydrogens (tertiary/aromatic N) is 1. The minimum Gasteiger partial charge on any atom is -0.481 e. The number of aliphatic carboxylic acids is 1. The number of primary amides is 1. The van der Waals surface area contributed by atoms with E-state index in [1.54, 1.807) is 12.1 Å². The Morgan fingerprint density at radius 1 is 1.47 bits per heavy atom. The minimum absolute atomic E-state index is 0.130. The lowest BCUT2D eigenvalue weighted by Gasteiger charge is -2.26. The zero-order chi connectivity index (χ0) is 14.2. The number of carboxylic acids is 1. The van der Waals surface area contributed by atoms with Crippen LogP contribution in [0.3, 0.4) is 0 Å². The Hall–Kier alpha value is -1.75. The quantitative estimate of drug-likeness (QED) is 0.884. The average molecular weight is 283 g/mol. The van der Waals surface area contributed by atoms with Crippen molar-refractivity contribution in [3.63, 3.8) is 0 Å². The van der Waals surface area contributed by atoms with Crippen molar-refractivity contribution >= 4 is 29.2 Å². The van der Waals surface area contributed by atoms with Gasteiger partial charge in [0.2, 0.25) is 5.91 Å². The zero-order valence-electron chi connectivity index (χ0n) is 10.5. The molecule has 1 aromatic carbocycles. The number of carboxylic acid groups (broad SMARTS) is 1. The standard InChI is InChI=1S/C13H15ClN2O3/c1-7-9(13(18)19)4-5-16(7)11-3-2-8(12(15)17)6-10(11)14/h2-3,6-7,9H,4-5H2,1H3,(H2,15,17)(H,18,19). The summed E-state index contributed by atoms with van der Waals surface area (Å²) in [5.41, 5.74) is 6.27. The van der Waals surface area contributed by atoms with Crippen molar-refractivity contribution in [3.05, 3.63) is 28.8 Å². The molecule has 1 aliphatic rings. The maximum absolute atomic E-state index is 11.1. The third-order valence-electron chi connectivity index (χ3n) is 3.61. The molecule has 2 rings (SSSR count). The fourth-order valence-corrected chi connectivity index (χ4v) is 2.79. The van der Waals surface area contributed by atoms with Gasteiger partial charge in [-0.2, -0.15) is 0 Å². The minimum atomic E-state index is -0.792. The molecule has 0 spiro atoms. The second-order valence-electron chi connectivity index (χ2n) is 4.70. The Morgan fingerprint density at radius 3 is 2.63 bits per heavy atom. The van der Waals surface area contributed by atoms with Gasteiger partial charge in [0.15, 0.2) is 0 Å². The molecule has 6 heteroatoms. The van der Waals surface area contributed by atoms with Crippen LogP contribution < -0.4 is 10.6 Å². The number of benzene rings is 1. The van der Waals surface area contributed by atoms with E-state index in [4.69, 9.17) is 22.4 Å². The molecule has 1 aromatic rings. The van der Waals surface area contributed by atoms with Crippen LogP contribution in [-0.2, 0) is 4.79 Å². The topological polar surface area (TPSA) is 83.6 Å². The summed E-state index contributed by atoms with van der Waals surface area (Å²) in [6, 6.07) is 4.70. The van der Waals surface area contributed by atoms with Crippen molar-refractivity contribution in [2.45, 2.75) is 19.4 Å². The Bertz CT molecular complexity index is 533. The molecule has 5 nitrogen and oxygen atoms in total. The second-order valence-corrected chi connectivity index (χ2v) is 5.11. The molecule has 0 bridgehead atoms. The van der Waals surface area contributed by atoms with Crippen LogP contribution >= 0.6 is 11.6 Å². The third-order valence-corrected chi connectivity index (χ3v) is 3.92. The van der Waals surface area contributed by atoms with E-state index in [-0.39, 0.29) is 6.04 Å². The van der Waals surface area contributed by atoms with Crippen LogP contribution in [0.2, 0.25) is 5.02 Å². The predicted octanol–water partition coefficient (Wildman–Crippen LogP) is 1.74. The molecule has 1 fully saturated rings. The summed E-state index contributed by atoms with van der Waals surface area (Å²) >= 11 is 6.15. The van der Waals surface area contributed by atoms with Crippen LogP contribution in [0.25, 0.3) is 0 Å². The molecule has 2 atom stereocenters. The summed E-state index contributed by atoms with van der Waals surface area (Å²) in [4.78, 5) is 24.1. The van der Waals surface area contributed by atoms with Crippen molar-refractivity contribution in [2.75, 3.05) is 11.4 Å². The fourth-order valence-electron chi connectivity index (χ4n) is 2.50. The highest BCUT2D eigenvalue weighted by Gasteiger charge is 2.36. The van der Waals surface area contributed by atoms with Gasteiger partial charge in [-0.05, 0) is 31.5 Å². The zero-order valence-corrected chi connectivity index (χ0v) is 11.2. The fraction of sp³-hybridized carbons (Fsp3) is 0.385. The highest BCUT2D eigenvalue weighted by Crippen LogP contribution is 2.34. The van der Waals surface area contributed by atoms with Gasteiger partial charge >= 0.3 is 5.97 Å². The SMILES string of the molecule is CC1C(C(=O)O)CCN1c1ccc(C(N)=O)cc1Cl. The van der Waals surface area contributed by atoms with Gasteiger partial charge in [-0.15, -0.1) is 0 Å². The van der Waals surface area contributed by atoms with E-state index in [9.17, 15) is 9.59 Å². The molecule has 0 radical (unpaired) electrons. The molecule has 1 aliphatic heterocycles. The predicted molar refractivity (Wildman–Crippen MR) is 72.5 cm³/mol. The van der Waals surface area contributed by atoms with Gasteiger partial charge in [0.25, 0.3) is 0 Å². The molecule has 102 valence electrons. The van der Waals surface area contributed by atoms with E-state index in [1.807, 2.05) is 11.8 Å². The van der Waals surface area contributed by atoms with Gasteiger partial charge in [0.1, 0.15) is 0 Å². The van der Waals surface area contributed by atoms with Crippen LogP contribution in [-0.4, -0.2) is 29.6 Å². The molecule has 1 heterocycles. The van der Waals surface area contributed by atoms with E-state index in [1.165, 1.54) is 6.07 Å². The first-order valence-corrected chi connectivity index (χ1v) is 6.38. The van der Waals surface area contributed by atoms with Gasteiger partial charge in [-0.1, -0.05) is 11.6 Å².